The van der Waals surface area contributed by atoms with Crippen LogP contribution in [0.3, 0.4) is 0 Å². The van der Waals surface area contributed by atoms with E-state index >= 15 is 0 Å². The molecule has 0 saturated carbocycles. The Morgan fingerprint density at radius 1 is 1.07 bits per heavy atom. The number of fused-ring (bicyclic) bond motifs is 1. The number of imidazole rings is 1. The van der Waals surface area contributed by atoms with Crippen LogP contribution >= 0.6 is 11.6 Å². The monoisotopic (exact) mass is 421 g/mol. The summed E-state index contributed by atoms with van der Waals surface area (Å²) in [6.07, 6.45) is 1.70. The molecular formula is C22H20ClN5O2. The van der Waals surface area contributed by atoms with Crippen molar-refractivity contribution in [3.63, 3.8) is 0 Å². The van der Waals surface area contributed by atoms with Gasteiger partial charge in [0.15, 0.2) is 0 Å². The summed E-state index contributed by atoms with van der Waals surface area (Å²) in [6.45, 7) is 2.06. The molecule has 0 unspecified atom stereocenters. The molecule has 2 aromatic heterocycles. The molecule has 0 radical (unpaired) electrons. The molecule has 2 aromatic carbocycles. The third kappa shape index (κ3) is 4.32. The van der Waals surface area contributed by atoms with Gasteiger partial charge in [-0.3, -0.25) is 4.98 Å². The zero-order chi connectivity index (χ0) is 20.3. The van der Waals surface area contributed by atoms with Gasteiger partial charge in [-0.2, -0.15) is 0 Å². The Kier molecular flexibility index (Phi) is 5.13. The van der Waals surface area contributed by atoms with E-state index in [2.05, 4.69) is 31.7 Å². The second-order valence-electron chi connectivity index (χ2n) is 7.09. The Hall–Kier alpha value is -3.29. The molecule has 0 spiro atoms. The molecule has 8 heteroatoms. The number of benzene rings is 2. The van der Waals surface area contributed by atoms with Gasteiger partial charge in [0.25, 0.3) is 0 Å². The van der Waals surface area contributed by atoms with Crippen LogP contribution in [-0.2, 0) is 11.3 Å². The molecular weight excluding hydrogens is 402 g/mol. The SMILES string of the molecule is Clc1ccc(Oc2ccc(CNc3nc4ccc(NC5COC5)cc4[nH]3)nc2)cc1. The Morgan fingerprint density at radius 3 is 2.63 bits per heavy atom. The number of anilines is 2. The number of aromatic amines is 1. The fourth-order valence-electron chi connectivity index (χ4n) is 3.13. The van der Waals surface area contributed by atoms with Gasteiger partial charge < -0.3 is 25.1 Å². The lowest BCUT2D eigenvalue weighted by atomic mass is 10.2. The number of rotatable bonds is 7. The number of nitrogens with zero attached hydrogens (tertiary/aromatic N) is 2. The van der Waals surface area contributed by atoms with E-state index in [9.17, 15) is 0 Å². The quantitative estimate of drug-likeness (QED) is 0.396. The molecule has 0 aliphatic carbocycles. The summed E-state index contributed by atoms with van der Waals surface area (Å²) < 4.78 is 11.0. The second-order valence-corrected chi connectivity index (χ2v) is 7.53. The van der Waals surface area contributed by atoms with Crippen LogP contribution in [0, 0.1) is 0 Å². The molecule has 152 valence electrons. The lowest BCUT2D eigenvalue weighted by molar-refractivity contribution is 0.0211. The van der Waals surface area contributed by atoms with Gasteiger partial charge in [-0.1, -0.05) is 11.6 Å². The molecule has 7 nitrogen and oxygen atoms in total. The lowest BCUT2D eigenvalue weighted by Crippen LogP contribution is -2.40. The van der Waals surface area contributed by atoms with Crippen LogP contribution < -0.4 is 15.4 Å². The summed E-state index contributed by atoms with van der Waals surface area (Å²) in [4.78, 5) is 12.3. The minimum atomic E-state index is 0.390. The van der Waals surface area contributed by atoms with Gasteiger partial charge in [0, 0.05) is 10.7 Å². The van der Waals surface area contributed by atoms with Gasteiger partial charge in [0.1, 0.15) is 11.5 Å². The zero-order valence-electron chi connectivity index (χ0n) is 16.1. The van der Waals surface area contributed by atoms with Crippen LogP contribution in [0.1, 0.15) is 5.69 Å². The number of hydrogen-bond acceptors (Lipinski definition) is 6. The van der Waals surface area contributed by atoms with Gasteiger partial charge in [-0.25, -0.2) is 4.98 Å². The first-order valence-corrected chi connectivity index (χ1v) is 10.1. The minimum Gasteiger partial charge on any atom is -0.456 e. The first kappa shape index (κ1) is 18.7. The summed E-state index contributed by atoms with van der Waals surface area (Å²) >= 11 is 5.89. The van der Waals surface area contributed by atoms with Crippen LogP contribution in [0.5, 0.6) is 11.5 Å². The maximum Gasteiger partial charge on any atom is 0.201 e. The summed E-state index contributed by atoms with van der Waals surface area (Å²) in [5.41, 5.74) is 3.82. The predicted octanol–water partition coefficient (Wildman–Crippen LogP) is 4.83. The van der Waals surface area contributed by atoms with E-state index in [4.69, 9.17) is 21.1 Å². The molecule has 1 aliphatic rings. The molecule has 3 N–H and O–H groups in total. The topological polar surface area (TPSA) is 84.1 Å². The molecule has 1 aliphatic heterocycles. The van der Waals surface area contributed by atoms with Gasteiger partial charge >= 0.3 is 0 Å². The van der Waals surface area contributed by atoms with Crippen molar-refractivity contribution >= 4 is 34.3 Å². The Morgan fingerprint density at radius 2 is 1.90 bits per heavy atom. The van der Waals surface area contributed by atoms with Gasteiger partial charge in [0.2, 0.25) is 5.95 Å². The molecule has 0 bridgehead atoms. The zero-order valence-corrected chi connectivity index (χ0v) is 16.8. The fourth-order valence-corrected chi connectivity index (χ4v) is 3.25. The smallest absolute Gasteiger partial charge is 0.201 e. The average Bonchev–Trinajstić information content (AvgIpc) is 3.14. The highest BCUT2D eigenvalue weighted by Crippen LogP contribution is 2.23. The maximum absolute atomic E-state index is 5.89. The number of H-pyrrole nitrogens is 1. The summed E-state index contributed by atoms with van der Waals surface area (Å²) in [5.74, 6) is 2.09. The first-order chi connectivity index (χ1) is 14.7. The summed E-state index contributed by atoms with van der Waals surface area (Å²) in [6, 6.07) is 17.5. The standard InChI is InChI=1S/C22H20ClN5O2/c23-14-1-5-18(6-2-14)30-19-7-3-16(24-11-19)10-25-22-27-20-8-4-15(9-21(20)28-22)26-17-12-29-13-17/h1-9,11,17,26H,10,12-13H2,(H2,25,27,28). The minimum absolute atomic E-state index is 0.390. The molecule has 1 fully saturated rings. The fraction of sp³-hybridized carbons (Fsp3) is 0.182. The van der Waals surface area contributed by atoms with E-state index < -0.39 is 0 Å². The molecule has 3 heterocycles. The van der Waals surface area contributed by atoms with Crippen molar-refractivity contribution in [3.05, 3.63) is 71.5 Å². The maximum atomic E-state index is 5.89. The number of hydrogen-bond donors (Lipinski definition) is 3. The van der Waals surface area contributed by atoms with Crippen molar-refractivity contribution < 1.29 is 9.47 Å². The summed E-state index contributed by atoms with van der Waals surface area (Å²) in [7, 11) is 0. The van der Waals surface area contributed by atoms with Crippen molar-refractivity contribution in [2.75, 3.05) is 23.8 Å². The normalized spacial score (nSPS) is 13.8. The van der Waals surface area contributed by atoms with Crippen LogP contribution in [-0.4, -0.2) is 34.2 Å². The summed E-state index contributed by atoms with van der Waals surface area (Å²) in [5, 5.41) is 7.40. The van der Waals surface area contributed by atoms with Crippen LogP contribution in [0.2, 0.25) is 5.02 Å². The van der Waals surface area contributed by atoms with E-state index in [0.717, 1.165) is 35.6 Å². The van der Waals surface area contributed by atoms with Crippen LogP contribution in [0.4, 0.5) is 11.6 Å². The number of pyridine rings is 1. The Labute approximate surface area is 178 Å². The molecule has 1 saturated heterocycles. The first-order valence-electron chi connectivity index (χ1n) is 9.67. The molecule has 0 amide bonds. The van der Waals surface area contributed by atoms with E-state index in [1.165, 1.54) is 0 Å². The largest absolute Gasteiger partial charge is 0.456 e. The van der Waals surface area contributed by atoms with Crippen molar-refractivity contribution in [1.29, 1.82) is 0 Å². The van der Waals surface area contributed by atoms with E-state index in [0.29, 0.717) is 35.1 Å². The average molecular weight is 422 g/mol. The highest BCUT2D eigenvalue weighted by atomic mass is 35.5. The number of halogens is 1. The highest BCUT2D eigenvalue weighted by molar-refractivity contribution is 6.30. The Balaban J connectivity index is 1.20. The second kappa shape index (κ2) is 8.22. The van der Waals surface area contributed by atoms with Crippen LogP contribution in [0.15, 0.2) is 60.8 Å². The Bertz CT molecular complexity index is 1140. The molecule has 4 aromatic rings. The van der Waals surface area contributed by atoms with Gasteiger partial charge in [-0.15, -0.1) is 0 Å². The molecule has 30 heavy (non-hydrogen) atoms. The predicted molar refractivity (Wildman–Crippen MR) is 117 cm³/mol. The van der Waals surface area contributed by atoms with Crippen molar-refractivity contribution in [2.45, 2.75) is 12.6 Å². The van der Waals surface area contributed by atoms with Crippen molar-refractivity contribution in [1.82, 2.24) is 15.0 Å². The van der Waals surface area contributed by atoms with Crippen molar-refractivity contribution in [2.24, 2.45) is 0 Å². The van der Waals surface area contributed by atoms with Gasteiger partial charge in [-0.05, 0) is 54.6 Å². The van der Waals surface area contributed by atoms with E-state index in [-0.39, 0.29) is 0 Å². The lowest BCUT2D eigenvalue weighted by Gasteiger charge is -2.27. The van der Waals surface area contributed by atoms with Gasteiger partial charge in [0.05, 0.1) is 48.7 Å². The van der Waals surface area contributed by atoms with Crippen LogP contribution in [0.25, 0.3) is 11.0 Å². The number of aromatic nitrogens is 3. The number of ether oxygens (including phenoxy) is 2. The third-order valence-corrected chi connectivity index (χ3v) is 5.03. The van der Waals surface area contributed by atoms with E-state index in [1.807, 2.05) is 36.4 Å². The van der Waals surface area contributed by atoms with Crippen molar-refractivity contribution in [3.8, 4) is 11.5 Å². The number of nitrogens with one attached hydrogen (secondary N) is 3. The third-order valence-electron chi connectivity index (χ3n) is 4.77. The molecule has 5 rings (SSSR count). The van der Waals surface area contributed by atoms with E-state index in [1.54, 1.807) is 18.3 Å². The molecule has 0 atom stereocenters. The highest BCUT2D eigenvalue weighted by Gasteiger charge is 2.17.